The van der Waals surface area contributed by atoms with E-state index in [4.69, 9.17) is 0 Å². The Morgan fingerprint density at radius 3 is 1.46 bits per heavy atom. The molecule has 1 aliphatic heterocycles. The van der Waals surface area contributed by atoms with Crippen molar-refractivity contribution in [3.8, 4) is 61.5 Å². The van der Waals surface area contributed by atoms with Gasteiger partial charge in [0, 0.05) is 33.5 Å². The number of anilines is 3. The van der Waals surface area contributed by atoms with Crippen LogP contribution >= 0.6 is 0 Å². The molecule has 244 valence electrons. The number of fused-ring (bicyclic) bond motifs is 7. The van der Waals surface area contributed by atoms with Gasteiger partial charge in [-0.1, -0.05) is 140 Å². The molecule has 0 amide bonds. The predicted molar refractivity (Wildman–Crippen MR) is 219 cm³/mol. The Kier molecular flexibility index (Phi) is 7.18. The largest absolute Gasteiger partial charge is 0.309 e. The van der Waals surface area contributed by atoms with Crippen LogP contribution in [-0.2, 0) is 0 Å². The Balaban J connectivity index is 1.30. The van der Waals surface area contributed by atoms with Gasteiger partial charge in [0.1, 0.15) is 0 Å². The smallest absolute Gasteiger partial charge is 0.0641 e. The Bertz CT molecular complexity index is 2650. The van der Waals surface area contributed by atoms with Gasteiger partial charge in [-0.25, -0.2) is 0 Å². The molecule has 0 atom stereocenters. The SMILES string of the molecule is c1ccc(-c2cc(-c3ccccc3)cc(-c3ccc4c(c3)-c3c(n(-c5ccccc5)c5ccccc35)-c3ccccc3N4c3ccccc3)c2)cc1. The van der Waals surface area contributed by atoms with E-state index in [1.807, 2.05) is 0 Å². The molecule has 8 aromatic carbocycles. The lowest BCUT2D eigenvalue weighted by molar-refractivity contribution is 1.13. The maximum atomic E-state index is 2.46. The first-order valence-electron chi connectivity index (χ1n) is 17.9. The van der Waals surface area contributed by atoms with Crippen LogP contribution < -0.4 is 4.90 Å². The highest BCUT2D eigenvalue weighted by Crippen LogP contribution is 2.55. The van der Waals surface area contributed by atoms with Crippen LogP contribution in [0.2, 0.25) is 0 Å². The first-order chi connectivity index (χ1) is 25.8. The molecule has 2 nitrogen and oxygen atoms in total. The average molecular weight is 663 g/mol. The van der Waals surface area contributed by atoms with E-state index in [0.717, 1.165) is 22.7 Å². The van der Waals surface area contributed by atoms with Crippen LogP contribution in [0.15, 0.2) is 206 Å². The van der Waals surface area contributed by atoms with E-state index in [1.54, 1.807) is 0 Å². The Hall–Kier alpha value is -6.90. The summed E-state index contributed by atoms with van der Waals surface area (Å²) in [5.74, 6) is 0. The van der Waals surface area contributed by atoms with E-state index < -0.39 is 0 Å². The molecule has 9 aromatic rings. The molecule has 0 bridgehead atoms. The molecule has 52 heavy (non-hydrogen) atoms. The van der Waals surface area contributed by atoms with Crippen LogP contribution in [0, 0.1) is 0 Å². The second kappa shape index (κ2) is 12.5. The van der Waals surface area contributed by atoms with Crippen molar-refractivity contribution >= 4 is 28.0 Å². The lowest BCUT2D eigenvalue weighted by Gasteiger charge is -2.28. The predicted octanol–water partition coefficient (Wildman–Crippen LogP) is 13.7. The highest BCUT2D eigenvalue weighted by molar-refractivity contribution is 6.13. The van der Waals surface area contributed by atoms with Gasteiger partial charge in [-0.2, -0.15) is 0 Å². The number of para-hydroxylation sites is 4. The maximum absolute atomic E-state index is 2.46. The number of rotatable bonds is 5. The van der Waals surface area contributed by atoms with Crippen molar-refractivity contribution in [1.29, 1.82) is 0 Å². The van der Waals surface area contributed by atoms with E-state index in [0.29, 0.717) is 0 Å². The second-order valence-electron chi connectivity index (χ2n) is 13.4. The third-order valence-electron chi connectivity index (χ3n) is 10.3. The van der Waals surface area contributed by atoms with Crippen molar-refractivity contribution in [3.63, 3.8) is 0 Å². The molecule has 0 radical (unpaired) electrons. The van der Waals surface area contributed by atoms with Gasteiger partial charge in [0.2, 0.25) is 0 Å². The number of nitrogens with zero attached hydrogens (tertiary/aromatic N) is 2. The van der Waals surface area contributed by atoms with Crippen LogP contribution in [0.3, 0.4) is 0 Å². The minimum Gasteiger partial charge on any atom is -0.309 e. The normalized spacial score (nSPS) is 11.8. The fourth-order valence-corrected chi connectivity index (χ4v) is 7.97. The van der Waals surface area contributed by atoms with Crippen molar-refractivity contribution in [1.82, 2.24) is 4.57 Å². The number of hydrogen-bond donors (Lipinski definition) is 0. The van der Waals surface area contributed by atoms with Crippen LogP contribution in [0.25, 0.3) is 72.4 Å². The topological polar surface area (TPSA) is 8.17 Å². The average Bonchev–Trinajstić information content (AvgIpc) is 3.51. The summed E-state index contributed by atoms with van der Waals surface area (Å²) in [6.07, 6.45) is 0. The first kappa shape index (κ1) is 30.0. The number of hydrogen-bond acceptors (Lipinski definition) is 1. The molecule has 0 N–H and O–H groups in total. The minimum atomic E-state index is 1.13. The van der Waals surface area contributed by atoms with E-state index in [2.05, 4.69) is 216 Å². The van der Waals surface area contributed by atoms with Gasteiger partial charge in [0.15, 0.2) is 0 Å². The minimum absolute atomic E-state index is 1.13. The molecule has 10 rings (SSSR count). The monoisotopic (exact) mass is 662 g/mol. The second-order valence-corrected chi connectivity index (χ2v) is 13.4. The summed E-state index contributed by atoms with van der Waals surface area (Å²) >= 11 is 0. The van der Waals surface area contributed by atoms with Crippen molar-refractivity contribution in [2.24, 2.45) is 0 Å². The molecule has 0 fully saturated rings. The molecule has 0 saturated carbocycles. The van der Waals surface area contributed by atoms with Gasteiger partial charge in [-0.3, -0.25) is 0 Å². The molecule has 2 heteroatoms. The fraction of sp³-hybridized carbons (Fsp3) is 0. The van der Waals surface area contributed by atoms with Crippen molar-refractivity contribution in [3.05, 3.63) is 206 Å². The van der Waals surface area contributed by atoms with Gasteiger partial charge in [-0.05, 0) is 100 Å². The van der Waals surface area contributed by atoms with Crippen LogP contribution in [0.5, 0.6) is 0 Å². The van der Waals surface area contributed by atoms with Gasteiger partial charge >= 0.3 is 0 Å². The molecular weight excluding hydrogens is 629 g/mol. The zero-order valence-electron chi connectivity index (χ0n) is 28.5. The summed E-state index contributed by atoms with van der Waals surface area (Å²) in [7, 11) is 0. The summed E-state index contributed by atoms with van der Waals surface area (Å²) in [5, 5.41) is 1.23. The molecule has 2 heterocycles. The lowest BCUT2D eigenvalue weighted by Crippen LogP contribution is -2.11. The molecule has 0 saturated heterocycles. The van der Waals surface area contributed by atoms with E-state index in [1.165, 1.54) is 66.7 Å². The molecular formula is C50H34N2. The maximum Gasteiger partial charge on any atom is 0.0641 e. The Labute approximate surface area is 304 Å². The number of aromatic nitrogens is 1. The third kappa shape index (κ3) is 4.96. The zero-order chi connectivity index (χ0) is 34.4. The Morgan fingerprint density at radius 1 is 0.308 bits per heavy atom. The highest BCUT2D eigenvalue weighted by Gasteiger charge is 2.31. The Morgan fingerprint density at radius 2 is 0.808 bits per heavy atom. The van der Waals surface area contributed by atoms with E-state index >= 15 is 0 Å². The summed E-state index contributed by atoms with van der Waals surface area (Å²) in [6.45, 7) is 0. The third-order valence-corrected chi connectivity index (χ3v) is 10.3. The first-order valence-corrected chi connectivity index (χ1v) is 17.9. The van der Waals surface area contributed by atoms with Crippen molar-refractivity contribution in [2.45, 2.75) is 0 Å². The van der Waals surface area contributed by atoms with Crippen LogP contribution in [-0.4, -0.2) is 4.57 Å². The van der Waals surface area contributed by atoms with E-state index in [9.17, 15) is 0 Å². The molecule has 0 spiro atoms. The fourth-order valence-electron chi connectivity index (χ4n) is 7.97. The van der Waals surface area contributed by atoms with Crippen molar-refractivity contribution in [2.75, 3.05) is 4.90 Å². The number of benzene rings is 8. The molecule has 1 aromatic heterocycles. The molecule has 0 unspecified atom stereocenters. The van der Waals surface area contributed by atoms with Crippen molar-refractivity contribution < 1.29 is 0 Å². The zero-order valence-corrected chi connectivity index (χ0v) is 28.5. The van der Waals surface area contributed by atoms with E-state index in [-0.39, 0.29) is 0 Å². The summed E-state index contributed by atoms with van der Waals surface area (Å²) in [5.41, 5.74) is 17.8. The summed E-state index contributed by atoms with van der Waals surface area (Å²) in [6, 6.07) is 74.8. The standard InChI is InChI=1S/C50H34N2/c1-5-17-35(18-6-1)38-31-39(36-19-7-2-8-20-36)33-40(32-38)37-29-30-48-45(34-37)49-43-25-13-15-27-46(43)52(42-23-11-4-12-24-42)50(49)44-26-14-16-28-47(44)51(48)41-21-9-3-10-22-41/h1-34H. The quantitative estimate of drug-likeness (QED) is 0.178. The molecule has 1 aliphatic rings. The summed E-state index contributed by atoms with van der Waals surface area (Å²) < 4.78 is 2.46. The van der Waals surface area contributed by atoms with Gasteiger partial charge in [0.25, 0.3) is 0 Å². The molecule has 0 aliphatic carbocycles. The lowest BCUT2D eigenvalue weighted by atomic mass is 9.91. The highest BCUT2D eigenvalue weighted by atomic mass is 15.2. The van der Waals surface area contributed by atoms with Crippen LogP contribution in [0.1, 0.15) is 0 Å². The van der Waals surface area contributed by atoms with Gasteiger partial charge in [-0.15, -0.1) is 0 Å². The van der Waals surface area contributed by atoms with Crippen LogP contribution in [0.4, 0.5) is 17.1 Å². The summed E-state index contributed by atoms with van der Waals surface area (Å²) in [4.78, 5) is 2.44. The van der Waals surface area contributed by atoms with Gasteiger partial charge < -0.3 is 9.47 Å². The van der Waals surface area contributed by atoms with Gasteiger partial charge in [0.05, 0.1) is 22.6 Å².